The lowest BCUT2D eigenvalue weighted by atomic mass is 9.89. The van der Waals surface area contributed by atoms with Crippen molar-refractivity contribution in [3.05, 3.63) is 27.1 Å². The Hall–Kier alpha value is -1.69. The van der Waals surface area contributed by atoms with Crippen LogP contribution < -0.4 is 5.56 Å². The number of thiophene rings is 1. The lowest BCUT2D eigenvalue weighted by Gasteiger charge is -2.35. The van der Waals surface area contributed by atoms with Gasteiger partial charge in [0, 0.05) is 17.5 Å². The Bertz CT molecular complexity index is 885. The Morgan fingerprint density at radius 3 is 3.00 bits per heavy atom. The highest BCUT2D eigenvalue weighted by molar-refractivity contribution is 7.18. The standard InChI is InChI=1S/C20H27N3O2S/c1-3-14-6-4-5-9-23(14)17(24)11-22-12-21-19-18(20(22)25)15-8-7-13(2)10-16(15)26-19/h12-14H,3-11H2,1-2H3. The van der Waals surface area contributed by atoms with E-state index in [9.17, 15) is 9.59 Å². The lowest BCUT2D eigenvalue weighted by Crippen LogP contribution is -2.45. The number of hydrogen-bond donors (Lipinski definition) is 0. The molecule has 26 heavy (non-hydrogen) atoms. The zero-order chi connectivity index (χ0) is 18.3. The molecule has 2 aromatic rings. The zero-order valence-electron chi connectivity index (χ0n) is 15.7. The summed E-state index contributed by atoms with van der Waals surface area (Å²) in [6, 6.07) is 0.319. The number of nitrogens with zero attached hydrogens (tertiary/aromatic N) is 3. The number of carbonyl (C=O) groups is 1. The van der Waals surface area contributed by atoms with E-state index in [4.69, 9.17) is 0 Å². The number of piperidine rings is 1. The molecular formula is C20H27N3O2S. The molecule has 4 rings (SSSR count). The molecule has 2 aliphatic rings. The lowest BCUT2D eigenvalue weighted by molar-refractivity contribution is -0.135. The quantitative estimate of drug-likeness (QED) is 0.829. The summed E-state index contributed by atoms with van der Waals surface area (Å²) in [6.45, 7) is 5.32. The first-order valence-electron chi connectivity index (χ1n) is 9.87. The molecule has 0 N–H and O–H groups in total. The van der Waals surface area contributed by atoms with Gasteiger partial charge >= 0.3 is 0 Å². The van der Waals surface area contributed by atoms with E-state index >= 15 is 0 Å². The fraction of sp³-hybridized carbons (Fsp3) is 0.650. The van der Waals surface area contributed by atoms with Gasteiger partial charge in [0.15, 0.2) is 0 Å². The second-order valence-corrected chi connectivity index (χ2v) is 8.94. The van der Waals surface area contributed by atoms with Crippen LogP contribution in [0.2, 0.25) is 0 Å². The summed E-state index contributed by atoms with van der Waals surface area (Å²) < 4.78 is 1.52. The number of amides is 1. The fourth-order valence-corrected chi connectivity index (χ4v) is 5.81. The molecule has 2 aromatic heterocycles. The summed E-state index contributed by atoms with van der Waals surface area (Å²) in [4.78, 5) is 34.6. The van der Waals surface area contributed by atoms with Crippen LogP contribution in [0.4, 0.5) is 0 Å². The average molecular weight is 374 g/mol. The summed E-state index contributed by atoms with van der Waals surface area (Å²) >= 11 is 1.66. The number of rotatable bonds is 3. The number of fused-ring (bicyclic) bond motifs is 3. The predicted octanol–water partition coefficient (Wildman–Crippen LogP) is 3.37. The maximum absolute atomic E-state index is 13.1. The highest BCUT2D eigenvalue weighted by Crippen LogP contribution is 2.35. The van der Waals surface area contributed by atoms with Crippen molar-refractivity contribution in [2.45, 2.75) is 71.4 Å². The van der Waals surface area contributed by atoms with Gasteiger partial charge in [-0.05, 0) is 56.4 Å². The zero-order valence-corrected chi connectivity index (χ0v) is 16.5. The van der Waals surface area contributed by atoms with Crippen LogP contribution in [0.3, 0.4) is 0 Å². The van der Waals surface area contributed by atoms with E-state index in [2.05, 4.69) is 18.8 Å². The van der Waals surface area contributed by atoms with Gasteiger partial charge in [0.1, 0.15) is 11.4 Å². The van der Waals surface area contributed by atoms with Crippen LogP contribution in [-0.4, -0.2) is 32.9 Å². The van der Waals surface area contributed by atoms with Crippen LogP contribution in [0.5, 0.6) is 0 Å². The first-order valence-corrected chi connectivity index (χ1v) is 10.7. The van der Waals surface area contributed by atoms with Crippen molar-refractivity contribution >= 4 is 27.5 Å². The second kappa shape index (κ2) is 7.14. The fourth-order valence-electron chi connectivity index (χ4n) is 4.47. The van der Waals surface area contributed by atoms with E-state index in [1.807, 2.05) is 4.90 Å². The maximum atomic E-state index is 13.1. The molecule has 1 fully saturated rings. The van der Waals surface area contributed by atoms with Crippen LogP contribution >= 0.6 is 11.3 Å². The molecule has 0 saturated carbocycles. The summed E-state index contributed by atoms with van der Waals surface area (Å²) in [6.07, 6.45) is 8.99. The van der Waals surface area contributed by atoms with E-state index in [1.165, 1.54) is 21.4 Å². The minimum atomic E-state index is -0.0412. The number of likely N-dealkylation sites (tertiary alicyclic amines) is 1. The highest BCUT2D eigenvalue weighted by Gasteiger charge is 2.27. The van der Waals surface area contributed by atoms with Gasteiger partial charge in [-0.15, -0.1) is 11.3 Å². The van der Waals surface area contributed by atoms with Crippen LogP contribution in [0.15, 0.2) is 11.1 Å². The second-order valence-electron chi connectivity index (χ2n) is 7.85. The van der Waals surface area contributed by atoms with Crippen LogP contribution in [-0.2, 0) is 24.2 Å². The molecule has 5 nitrogen and oxygen atoms in total. The van der Waals surface area contributed by atoms with E-state index in [1.54, 1.807) is 17.7 Å². The molecule has 140 valence electrons. The van der Waals surface area contributed by atoms with Crippen molar-refractivity contribution in [3.8, 4) is 0 Å². The Kier molecular flexibility index (Phi) is 4.86. The van der Waals surface area contributed by atoms with Crippen LogP contribution in [0, 0.1) is 5.92 Å². The Morgan fingerprint density at radius 1 is 1.35 bits per heavy atom. The smallest absolute Gasteiger partial charge is 0.262 e. The molecule has 0 aromatic carbocycles. The minimum absolute atomic E-state index is 0.0412. The molecule has 0 radical (unpaired) electrons. The van der Waals surface area contributed by atoms with Gasteiger partial charge in [-0.2, -0.15) is 0 Å². The topological polar surface area (TPSA) is 55.2 Å². The Morgan fingerprint density at radius 2 is 2.19 bits per heavy atom. The van der Waals surface area contributed by atoms with Gasteiger partial charge in [0.2, 0.25) is 5.91 Å². The average Bonchev–Trinajstić information content (AvgIpc) is 3.02. The summed E-state index contributed by atoms with van der Waals surface area (Å²) in [5.41, 5.74) is 1.15. The third kappa shape index (κ3) is 3.08. The van der Waals surface area contributed by atoms with E-state index < -0.39 is 0 Å². The Labute approximate surface area is 158 Å². The van der Waals surface area contributed by atoms with E-state index in [0.717, 1.165) is 55.3 Å². The van der Waals surface area contributed by atoms with Gasteiger partial charge in [-0.1, -0.05) is 13.8 Å². The van der Waals surface area contributed by atoms with Crippen molar-refractivity contribution in [3.63, 3.8) is 0 Å². The van der Waals surface area contributed by atoms with Crippen molar-refractivity contribution in [1.82, 2.24) is 14.5 Å². The third-order valence-electron chi connectivity index (χ3n) is 6.01. The van der Waals surface area contributed by atoms with Gasteiger partial charge in [0.05, 0.1) is 11.7 Å². The molecule has 1 aliphatic heterocycles. The first-order chi connectivity index (χ1) is 12.6. The van der Waals surface area contributed by atoms with Gasteiger partial charge < -0.3 is 4.90 Å². The maximum Gasteiger partial charge on any atom is 0.262 e. The number of carbonyl (C=O) groups excluding carboxylic acids is 1. The molecule has 0 spiro atoms. The number of aromatic nitrogens is 2. The first kappa shape index (κ1) is 17.7. The largest absolute Gasteiger partial charge is 0.338 e. The molecule has 0 bridgehead atoms. The minimum Gasteiger partial charge on any atom is -0.338 e. The molecule has 6 heteroatoms. The third-order valence-corrected chi connectivity index (χ3v) is 7.17. The molecule has 2 atom stereocenters. The highest BCUT2D eigenvalue weighted by atomic mass is 32.1. The molecular weight excluding hydrogens is 346 g/mol. The molecule has 1 amide bonds. The van der Waals surface area contributed by atoms with Gasteiger partial charge in [-0.3, -0.25) is 14.2 Å². The van der Waals surface area contributed by atoms with Crippen molar-refractivity contribution in [2.24, 2.45) is 5.92 Å². The van der Waals surface area contributed by atoms with Gasteiger partial charge in [-0.25, -0.2) is 4.98 Å². The van der Waals surface area contributed by atoms with Crippen molar-refractivity contribution < 1.29 is 4.79 Å². The number of aryl methyl sites for hydroxylation is 1. The molecule has 1 aliphatic carbocycles. The van der Waals surface area contributed by atoms with Crippen LogP contribution in [0.1, 0.15) is 56.4 Å². The van der Waals surface area contributed by atoms with Crippen molar-refractivity contribution in [1.29, 1.82) is 0 Å². The predicted molar refractivity (Wildman–Crippen MR) is 105 cm³/mol. The summed E-state index contributed by atoms with van der Waals surface area (Å²) in [5.74, 6) is 0.724. The SMILES string of the molecule is CCC1CCCCN1C(=O)Cn1cnc2sc3c(c2c1=O)CCC(C)C3. The summed E-state index contributed by atoms with van der Waals surface area (Å²) in [5, 5.41) is 0.762. The summed E-state index contributed by atoms with van der Waals surface area (Å²) in [7, 11) is 0. The Balaban J connectivity index is 1.64. The van der Waals surface area contributed by atoms with Crippen LogP contribution in [0.25, 0.3) is 10.2 Å². The van der Waals surface area contributed by atoms with Gasteiger partial charge in [0.25, 0.3) is 5.56 Å². The number of hydrogen-bond acceptors (Lipinski definition) is 4. The molecule has 1 saturated heterocycles. The normalized spacial score (nSPS) is 23.2. The molecule has 2 unspecified atom stereocenters. The molecule has 3 heterocycles. The monoisotopic (exact) mass is 373 g/mol. The van der Waals surface area contributed by atoms with E-state index in [-0.39, 0.29) is 18.0 Å². The van der Waals surface area contributed by atoms with E-state index in [0.29, 0.717) is 12.0 Å². The van der Waals surface area contributed by atoms with Crippen molar-refractivity contribution in [2.75, 3.05) is 6.54 Å².